The van der Waals surface area contributed by atoms with Gasteiger partial charge in [0.15, 0.2) is 0 Å². The maximum Gasteiger partial charge on any atom is 0.0252 e. The van der Waals surface area contributed by atoms with Gasteiger partial charge in [0, 0.05) is 44.3 Å². The first kappa shape index (κ1) is 14.8. The van der Waals surface area contributed by atoms with E-state index in [1.807, 2.05) is 0 Å². The normalized spacial score (nSPS) is 37.2. The van der Waals surface area contributed by atoms with Gasteiger partial charge in [0.1, 0.15) is 0 Å². The van der Waals surface area contributed by atoms with Crippen LogP contribution in [0.5, 0.6) is 0 Å². The van der Waals surface area contributed by atoms with Gasteiger partial charge < -0.3 is 5.32 Å². The van der Waals surface area contributed by atoms with Gasteiger partial charge in [-0.05, 0) is 45.1 Å². The van der Waals surface area contributed by atoms with Gasteiger partial charge in [0.25, 0.3) is 0 Å². The molecule has 0 amide bonds. The van der Waals surface area contributed by atoms with E-state index in [0.29, 0.717) is 0 Å². The third-order valence-electron chi connectivity index (χ3n) is 5.87. The largest absolute Gasteiger partial charge is 0.315 e. The molecule has 1 saturated heterocycles. The second-order valence-electron chi connectivity index (χ2n) is 7.23. The molecule has 3 atom stereocenters. The van der Waals surface area contributed by atoms with E-state index < -0.39 is 0 Å². The average molecular weight is 279 g/mol. The predicted molar refractivity (Wildman–Crippen MR) is 85.1 cm³/mol. The minimum absolute atomic E-state index is 0.732. The zero-order valence-electron chi connectivity index (χ0n) is 13.5. The zero-order valence-corrected chi connectivity index (χ0v) is 13.5. The maximum absolute atomic E-state index is 3.61. The van der Waals surface area contributed by atoms with Gasteiger partial charge in [-0.3, -0.25) is 9.80 Å². The fourth-order valence-corrected chi connectivity index (χ4v) is 4.52. The molecule has 0 aromatic rings. The summed E-state index contributed by atoms with van der Waals surface area (Å²) in [5.41, 5.74) is 0. The van der Waals surface area contributed by atoms with Gasteiger partial charge in [-0.2, -0.15) is 0 Å². The maximum atomic E-state index is 3.61. The van der Waals surface area contributed by atoms with Crippen molar-refractivity contribution in [3.8, 4) is 0 Å². The van der Waals surface area contributed by atoms with Gasteiger partial charge in [-0.15, -0.1) is 0 Å². The number of likely N-dealkylation sites (N-methyl/N-ethyl adjacent to an activating group) is 1. The zero-order chi connectivity index (χ0) is 13.9. The lowest BCUT2D eigenvalue weighted by molar-refractivity contribution is 0.0456. The van der Waals surface area contributed by atoms with Crippen LogP contribution in [0.3, 0.4) is 0 Å². The molecule has 0 bridgehead atoms. The first-order chi connectivity index (χ1) is 9.81. The molecule has 3 heteroatoms. The highest BCUT2D eigenvalue weighted by Crippen LogP contribution is 2.33. The predicted octanol–water partition coefficient (Wildman–Crippen LogP) is 2.32. The van der Waals surface area contributed by atoms with Crippen LogP contribution < -0.4 is 5.32 Å². The average Bonchev–Trinajstić information content (AvgIpc) is 3.32. The van der Waals surface area contributed by atoms with E-state index in [0.717, 1.165) is 24.0 Å². The second-order valence-corrected chi connectivity index (χ2v) is 7.23. The quantitative estimate of drug-likeness (QED) is 0.833. The summed E-state index contributed by atoms with van der Waals surface area (Å²) in [6, 6.07) is 2.48. The Hall–Kier alpha value is -0.120. The number of nitrogens with zero attached hydrogens (tertiary/aromatic N) is 2. The number of hydrogen-bond acceptors (Lipinski definition) is 3. The van der Waals surface area contributed by atoms with E-state index in [1.165, 1.54) is 71.1 Å². The Morgan fingerprint density at radius 1 is 0.950 bits per heavy atom. The van der Waals surface area contributed by atoms with E-state index in [-0.39, 0.29) is 0 Å². The molecule has 116 valence electrons. The van der Waals surface area contributed by atoms with Crippen LogP contribution >= 0.6 is 0 Å². The molecule has 0 spiro atoms. The van der Waals surface area contributed by atoms with E-state index in [1.54, 1.807) is 0 Å². The summed E-state index contributed by atoms with van der Waals surface area (Å²) >= 11 is 0. The number of hydrogen-bond donors (Lipinski definition) is 1. The topological polar surface area (TPSA) is 18.5 Å². The van der Waals surface area contributed by atoms with Crippen molar-refractivity contribution >= 4 is 0 Å². The van der Waals surface area contributed by atoms with E-state index in [2.05, 4.69) is 29.1 Å². The highest BCUT2D eigenvalue weighted by molar-refractivity contribution is 4.94. The fourth-order valence-electron chi connectivity index (χ4n) is 4.52. The van der Waals surface area contributed by atoms with Crippen molar-refractivity contribution in [2.45, 2.75) is 70.0 Å². The standard InChI is InChI=1S/C17H33N3/c1-3-4-14-5-8-16(18-2)17(13-14)20-11-9-19(10-12-20)15-6-7-15/h14-18H,3-13H2,1-2H3. The lowest BCUT2D eigenvalue weighted by Gasteiger charge is -2.46. The van der Waals surface area contributed by atoms with Gasteiger partial charge in [0.05, 0.1) is 0 Å². The molecule has 1 heterocycles. The van der Waals surface area contributed by atoms with Gasteiger partial charge >= 0.3 is 0 Å². The van der Waals surface area contributed by atoms with E-state index in [9.17, 15) is 0 Å². The Balaban J connectivity index is 1.55. The van der Waals surface area contributed by atoms with Crippen molar-refractivity contribution in [2.24, 2.45) is 5.92 Å². The summed E-state index contributed by atoms with van der Waals surface area (Å²) in [4.78, 5) is 5.54. The highest BCUT2D eigenvalue weighted by atomic mass is 15.3. The monoisotopic (exact) mass is 279 g/mol. The Kier molecular flexibility index (Phi) is 5.00. The van der Waals surface area contributed by atoms with Crippen molar-refractivity contribution < 1.29 is 0 Å². The second kappa shape index (κ2) is 6.76. The fraction of sp³-hybridized carbons (Fsp3) is 1.00. The summed E-state index contributed by atoms with van der Waals surface area (Å²) in [5.74, 6) is 0.982. The van der Waals surface area contributed by atoms with Crippen molar-refractivity contribution in [3.05, 3.63) is 0 Å². The SMILES string of the molecule is CCCC1CCC(NC)C(N2CCN(C3CC3)CC2)C1. The molecule has 20 heavy (non-hydrogen) atoms. The first-order valence-electron chi connectivity index (χ1n) is 8.97. The summed E-state index contributed by atoms with van der Waals surface area (Å²) in [5, 5.41) is 3.61. The Bertz CT molecular complexity index is 295. The molecule has 3 nitrogen and oxygen atoms in total. The van der Waals surface area contributed by atoms with Crippen LogP contribution in [0.1, 0.15) is 51.9 Å². The number of rotatable bonds is 5. The number of nitrogens with one attached hydrogen (secondary N) is 1. The summed E-state index contributed by atoms with van der Waals surface area (Å²) in [7, 11) is 2.16. The van der Waals surface area contributed by atoms with Gasteiger partial charge in [-0.25, -0.2) is 0 Å². The van der Waals surface area contributed by atoms with Crippen molar-refractivity contribution in [3.63, 3.8) is 0 Å². The molecule has 2 aliphatic carbocycles. The molecule has 0 radical (unpaired) electrons. The molecule has 2 saturated carbocycles. The van der Waals surface area contributed by atoms with Crippen LogP contribution in [-0.4, -0.2) is 61.2 Å². The van der Waals surface area contributed by atoms with Gasteiger partial charge in [-0.1, -0.05) is 19.8 Å². The van der Waals surface area contributed by atoms with Crippen LogP contribution in [0.4, 0.5) is 0 Å². The molecule has 1 N–H and O–H groups in total. The lowest BCUT2D eigenvalue weighted by atomic mass is 9.79. The van der Waals surface area contributed by atoms with Crippen LogP contribution in [-0.2, 0) is 0 Å². The molecule has 0 aromatic carbocycles. The van der Waals surface area contributed by atoms with Crippen LogP contribution in [0.2, 0.25) is 0 Å². The molecule has 0 aromatic heterocycles. The Morgan fingerprint density at radius 2 is 1.65 bits per heavy atom. The summed E-state index contributed by atoms with van der Waals surface area (Å²) in [6.45, 7) is 7.58. The smallest absolute Gasteiger partial charge is 0.0252 e. The minimum Gasteiger partial charge on any atom is -0.315 e. The van der Waals surface area contributed by atoms with Crippen LogP contribution in [0.25, 0.3) is 0 Å². The number of piperazine rings is 1. The Labute approximate surface area is 125 Å². The lowest BCUT2D eigenvalue weighted by Crippen LogP contribution is -2.58. The Morgan fingerprint density at radius 3 is 2.25 bits per heavy atom. The molecule has 3 unspecified atom stereocenters. The van der Waals surface area contributed by atoms with Gasteiger partial charge in [0.2, 0.25) is 0 Å². The first-order valence-corrected chi connectivity index (χ1v) is 8.97. The molecule has 3 rings (SSSR count). The molecule has 3 aliphatic rings. The van der Waals surface area contributed by atoms with Crippen LogP contribution in [0.15, 0.2) is 0 Å². The van der Waals surface area contributed by atoms with Crippen LogP contribution in [0, 0.1) is 5.92 Å². The third kappa shape index (κ3) is 3.37. The molecular formula is C17H33N3. The van der Waals surface area contributed by atoms with Crippen molar-refractivity contribution in [2.75, 3.05) is 33.2 Å². The van der Waals surface area contributed by atoms with Crippen molar-refractivity contribution in [1.29, 1.82) is 0 Å². The van der Waals surface area contributed by atoms with E-state index in [4.69, 9.17) is 0 Å². The summed E-state index contributed by atoms with van der Waals surface area (Å²) in [6.07, 6.45) is 9.98. The minimum atomic E-state index is 0.732. The summed E-state index contributed by atoms with van der Waals surface area (Å²) < 4.78 is 0. The molecule has 1 aliphatic heterocycles. The molecule has 3 fully saturated rings. The molecular weight excluding hydrogens is 246 g/mol. The van der Waals surface area contributed by atoms with Crippen molar-refractivity contribution in [1.82, 2.24) is 15.1 Å². The highest BCUT2D eigenvalue weighted by Gasteiger charge is 2.37. The third-order valence-corrected chi connectivity index (χ3v) is 5.87. The van der Waals surface area contributed by atoms with E-state index >= 15 is 0 Å².